The summed E-state index contributed by atoms with van der Waals surface area (Å²) in [7, 11) is 0. The fourth-order valence-electron chi connectivity index (χ4n) is 2.18. The van der Waals surface area contributed by atoms with Crippen LogP contribution >= 0.6 is 23.4 Å². The van der Waals surface area contributed by atoms with Crippen molar-refractivity contribution in [1.29, 1.82) is 0 Å². The molecule has 1 fully saturated rings. The van der Waals surface area contributed by atoms with E-state index in [9.17, 15) is 4.79 Å². The average Bonchev–Trinajstić information content (AvgIpc) is 2.84. The zero-order valence-corrected chi connectivity index (χ0v) is 11.9. The minimum absolute atomic E-state index is 0.167. The lowest BCUT2D eigenvalue weighted by Crippen LogP contribution is -2.33. The number of halogens is 1. The SMILES string of the molecule is O=C(CSCc1ccc(Cl)cc1)NC1CCCC1. The summed E-state index contributed by atoms with van der Waals surface area (Å²) in [4.78, 5) is 11.7. The molecule has 1 aromatic rings. The van der Waals surface area contributed by atoms with Crippen molar-refractivity contribution in [3.63, 3.8) is 0 Å². The molecule has 0 unspecified atom stereocenters. The molecule has 2 nitrogen and oxygen atoms in total. The highest BCUT2D eigenvalue weighted by molar-refractivity contribution is 7.99. The van der Waals surface area contributed by atoms with E-state index in [0.29, 0.717) is 11.8 Å². The number of benzene rings is 1. The van der Waals surface area contributed by atoms with Crippen LogP contribution in [0.5, 0.6) is 0 Å². The van der Waals surface area contributed by atoms with Crippen LogP contribution in [0.25, 0.3) is 0 Å². The van der Waals surface area contributed by atoms with Crippen LogP contribution in [0.4, 0.5) is 0 Å². The molecule has 1 aliphatic rings. The minimum atomic E-state index is 0.167. The maximum absolute atomic E-state index is 11.7. The maximum Gasteiger partial charge on any atom is 0.230 e. The first-order valence-electron chi connectivity index (χ1n) is 6.35. The summed E-state index contributed by atoms with van der Waals surface area (Å²) in [6, 6.07) is 8.20. The number of hydrogen-bond donors (Lipinski definition) is 1. The van der Waals surface area contributed by atoms with Gasteiger partial charge in [0.15, 0.2) is 0 Å². The van der Waals surface area contributed by atoms with E-state index >= 15 is 0 Å². The van der Waals surface area contributed by atoms with Gasteiger partial charge in [0.25, 0.3) is 0 Å². The van der Waals surface area contributed by atoms with Gasteiger partial charge in [0, 0.05) is 16.8 Å². The zero-order chi connectivity index (χ0) is 12.8. The Morgan fingerprint density at radius 1 is 1.28 bits per heavy atom. The van der Waals surface area contributed by atoms with Crippen LogP contribution in [-0.2, 0) is 10.5 Å². The highest BCUT2D eigenvalue weighted by atomic mass is 35.5. The molecule has 1 aromatic carbocycles. The van der Waals surface area contributed by atoms with Crippen molar-refractivity contribution in [3.05, 3.63) is 34.9 Å². The van der Waals surface area contributed by atoms with Crippen molar-refractivity contribution < 1.29 is 4.79 Å². The molecular weight excluding hydrogens is 266 g/mol. The van der Waals surface area contributed by atoms with Crippen molar-refractivity contribution >= 4 is 29.3 Å². The number of amides is 1. The predicted octanol–water partition coefficient (Wildman–Crippen LogP) is 3.63. The summed E-state index contributed by atoms with van der Waals surface area (Å²) in [5.41, 5.74) is 1.21. The molecule has 1 saturated carbocycles. The Morgan fingerprint density at radius 2 is 1.94 bits per heavy atom. The molecule has 0 bridgehead atoms. The van der Waals surface area contributed by atoms with Gasteiger partial charge in [0.05, 0.1) is 5.75 Å². The van der Waals surface area contributed by atoms with Crippen molar-refractivity contribution in [2.24, 2.45) is 0 Å². The van der Waals surface area contributed by atoms with Gasteiger partial charge in [0.2, 0.25) is 5.91 Å². The lowest BCUT2D eigenvalue weighted by molar-refractivity contribution is -0.119. The highest BCUT2D eigenvalue weighted by Gasteiger charge is 2.16. The summed E-state index contributed by atoms with van der Waals surface area (Å²) >= 11 is 7.47. The Hall–Kier alpha value is -0.670. The Morgan fingerprint density at radius 3 is 2.61 bits per heavy atom. The van der Waals surface area contributed by atoms with Gasteiger partial charge in [-0.2, -0.15) is 0 Å². The third-order valence-electron chi connectivity index (χ3n) is 3.14. The van der Waals surface area contributed by atoms with Gasteiger partial charge in [-0.05, 0) is 30.5 Å². The van der Waals surface area contributed by atoms with E-state index in [1.54, 1.807) is 11.8 Å². The molecule has 0 spiro atoms. The van der Waals surface area contributed by atoms with Crippen LogP contribution in [0.15, 0.2) is 24.3 Å². The molecule has 1 aliphatic carbocycles. The van der Waals surface area contributed by atoms with Crippen LogP contribution in [0.2, 0.25) is 5.02 Å². The molecule has 2 rings (SSSR count). The van der Waals surface area contributed by atoms with E-state index in [4.69, 9.17) is 11.6 Å². The lowest BCUT2D eigenvalue weighted by atomic mass is 10.2. The van der Waals surface area contributed by atoms with Crippen LogP contribution < -0.4 is 5.32 Å². The summed E-state index contributed by atoms with van der Waals surface area (Å²) in [5.74, 6) is 1.56. The molecular formula is C14H18ClNOS. The second kappa shape index (κ2) is 7.05. The molecule has 0 heterocycles. The average molecular weight is 284 g/mol. The lowest BCUT2D eigenvalue weighted by Gasteiger charge is -2.11. The van der Waals surface area contributed by atoms with Gasteiger partial charge < -0.3 is 5.32 Å². The van der Waals surface area contributed by atoms with E-state index in [2.05, 4.69) is 5.32 Å². The monoisotopic (exact) mass is 283 g/mol. The molecule has 1 N–H and O–H groups in total. The minimum Gasteiger partial charge on any atom is -0.353 e. The molecule has 0 atom stereocenters. The first-order chi connectivity index (χ1) is 8.74. The van der Waals surface area contributed by atoms with Crippen molar-refractivity contribution in [1.82, 2.24) is 5.32 Å². The van der Waals surface area contributed by atoms with Gasteiger partial charge in [-0.3, -0.25) is 4.79 Å². The Balaban J connectivity index is 1.65. The molecule has 4 heteroatoms. The second-order valence-corrected chi connectivity index (χ2v) is 6.09. The molecule has 0 aliphatic heterocycles. The number of hydrogen-bond acceptors (Lipinski definition) is 2. The molecule has 1 amide bonds. The molecule has 0 aromatic heterocycles. The number of rotatable bonds is 5. The molecule has 0 saturated heterocycles. The van der Waals surface area contributed by atoms with Gasteiger partial charge in [-0.1, -0.05) is 36.6 Å². The Labute approximate surface area is 117 Å². The molecule has 98 valence electrons. The Kier molecular flexibility index (Phi) is 5.39. The molecule has 18 heavy (non-hydrogen) atoms. The Bertz CT molecular complexity index is 387. The topological polar surface area (TPSA) is 29.1 Å². The van der Waals surface area contributed by atoms with Gasteiger partial charge in [-0.25, -0.2) is 0 Å². The zero-order valence-electron chi connectivity index (χ0n) is 10.3. The largest absolute Gasteiger partial charge is 0.353 e. The van der Waals surface area contributed by atoms with Crippen molar-refractivity contribution in [3.8, 4) is 0 Å². The van der Waals surface area contributed by atoms with Crippen LogP contribution in [0, 0.1) is 0 Å². The van der Waals surface area contributed by atoms with Gasteiger partial charge in [0.1, 0.15) is 0 Å². The normalized spacial score (nSPS) is 15.8. The smallest absolute Gasteiger partial charge is 0.230 e. The summed E-state index contributed by atoms with van der Waals surface area (Å²) in [6.07, 6.45) is 4.80. The fraction of sp³-hybridized carbons (Fsp3) is 0.500. The van der Waals surface area contributed by atoms with Crippen molar-refractivity contribution in [2.75, 3.05) is 5.75 Å². The summed E-state index contributed by atoms with van der Waals surface area (Å²) in [6.45, 7) is 0. The van der Waals surface area contributed by atoms with Gasteiger partial charge >= 0.3 is 0 Å². The van der Waals surface area contributed by atoms with E-state index < -0.39 is 0 Å². The van der Waals surface area contributed by atoms with Crippen LogP contribution in [0.1, 0.15) is 31.2 Å². The first kappa shape index (κ1) is 13.8. The number of nitrogens with one attached hydrogen (secondary N) is 1. The number of carbonyl (C=O) groups excluding carboxylic acids is 1. The van der Waals surface area contributed by atoms with E-state index in [-0.39, 0.29) is 5.91 Å². The quantitative estimate of drug-likeness (QED) is 0.894. The van der Waals surface area contributed by atoms with Crippen LogP contribution in [-0.4, -0.2) is 17.7 Å². The van der Waals surface area contributed by atoms with E-state index in [0.717, 1.165) is 23.6 Å². The summed E-state index contributed by atoms with van der Waals surface area (Å²) in [5, 5.41) is 3.85. The third-order valence-corrected chi connectivity index (χ3v) is 4.39. The summed E-state index contributed by atoms with van der Waals surface area (Å²) < 4.78 is 0. The third kappa shape index (κ3) is 4.54. The fourth-order valence-corrected chi connectivity index (χ4v) is 3.11. The van der Waals surface area contributed by atoms with E-state index in [1.807, 2.05) is 24.3 Å². The van der Waals surface area contributed by atoms with Gasteiger partial charge in [-0.15, -0.1) is 11.8 Å². The number of thioether (sulfide) groups is 1. The molecule has 0 radical (unpaired) electrons. The first-order valence-corrected chi connectivity index (χ1v) is 7.89. The maximum atomic E-state index is 11.7. The standard InChI is InChI=1S/C14H18ClNOS/c15-12-7-5-11(6-8-12)9-18-10-14(17)16-13-3-1-2-4-13/h5-8,13H,1-4,9-10H2,(H,16,17). The van der Waals surface area contributed by atoms with E-state index in [1.165, 1.54) is 18.4 Å². The number of carbonyl (C=O) groups is 1. The second-order valence-electron chi connectivity index (χ2n) is 4.67. The van der Waals surface area contributed by atoms with Crippen molar-refractivity contribution in [2.45, 2.75) is 37.5 Å². The van der Waals surface area contributed by atoms with Crippen LogP contribution in [0.3, 0.4) is 0 Å². The predicted molar refractivity (Wildman–Crippen MR) is 78.0 cm³/mol. The highest BCUT2D eigenvalue weighted by Crippen LogP contribution is 2.18.